The minimum absolute atomic E-state index is 0.273. The Hall–Kier alpha value is -1.14. The Morgan fingerprint density at radius 2 is 2.32 bits per heavy atom. The third kappa shape index (κ3) is 2.74. The highest BCUT2D eigenvalue weighted by Crippen LogP contribution is 2.34. The van der Waals surface area contributed by atoms with Gasteiger partial charge in [-0.2, -0.15) is 0 Å². The van der Waals surface area contributed by atoms with Crippen molar-refractivity contribution in [2.75, 3.05) is 6.61 Å². The number of carbonyl (C=O) groups is 1. The summed E-state index contributed by atoms with van der Waals surface area (Å²) in [5.41, 5.74) is -0.0710. The molecule has 0 spiro atoms. The van der Waals surface area contributed by atoms with Gasteiger partial charge in [0.2, 0.25) is 0 Å². The van der Waals surface area contributed by atoms with Crippen molar-refractivity contribution < 1.29 is 13.9 Å². The van der Waals surface area contributed by atoms with Gasteiger partial charge >= 0.3 is 5.97 Å². The summed E-state index contributed by atoms with van der Waals surface area (Å²) in [6, 6.07) is 1.81. The first-order valence-electron chi connectivity index (χ1n) is 5.83. The summed E-state index contributed by atoms with van der Waals surface area (Å²) in [5, 5.41) is 2.60. The van der Waals surface area contributed by atoms with Gasteiger partial charge in [0.1, 0.15) is 5.41 Å². The fourth-order valence-corrected chi connectivity index (χ4v) is 3.03. The number of nitrogens with zero attached hydrogens (tertiary/aromatic N) is 1. The lowest BCUT2D eigenvalue weighted by molar-refractivity contribution is -0.148. The van der Waals surface area contributed by atoms with Crippen LogP contribution >= 0.6 is 27.3 Å². The summed E-state index contributed by atoms with van der Waals surface area (Å²) < 4.78 is 11.3. The van der Waals surface area contributed by atoms with Crippen LogP contribution in [0.25, 0.3) is 10.8 Å². The second kappa shape index (κ2) is 5.46. The molecule has 2 heterocycles. The van der Waals surface area contributed by atoms with Gasteiger partial charge in [0.25, 0.3) is 0 Å². The van der Waals surface area contributed by atoms with Crippen LogP contribution in [0.15, 0.2) is 26.6 Å². The largest absolute Gasteiger partial charge is 0.465 e. The molecule has 0 radical (unpaired) electrons. The number of rotatable bonds is 4. The van der Waals surface area contributed by atoms with Crippen LogP contribution in [0.4, 0.5) is 0 Å². The molecular formula is C13H14BrNO3S. The second-order valence-corrected chi connectivity index (χ2v) is 6.19. The van der Waals surface area contributed by atoms with Crippen LogP contribution in [0, 0.1) is 0 Å². The highest BCUT2D eigenvalue weighted by molar-refractivity contribution is 9.10. The highest BCUT2D eigenvalue weighted by Gasteiger charge is 2.34. The number of hydrogen-bond acceptors (Lipinski definition) is 5. The van der Waals surface area contributed by atoms with Crippen LogP contribution in [0.5, 0.6) is 0 Å². The smallest absolute Gasteiger partial charge is 0.317 e. The van der Waals surface area contributed by atoms with Crippen LogP contribution in [-0.2, 0) is 14.9 Å². The molecule has 0 aromatic carbocycles. The molecule has 0 amide bonds. The number of furan rings is 1. The molecule has 102 valence electrons. The van der Waals surface area contributed by atoms with E-state index in [1.54, 1.807) is 27.0 Å². The Morgan fingerprint density at radius 1 is 1.58 bits per heavy atom. The van der Waals surface area contributed by atoms with Crippen molar-refractivity contribution in [2.24, 2.45) is 0 Å². The van der Waals surface area contributed by atoms with Crippen molar-refractivity contribution in [1.29, 1.82) is 0 Å². The molecule has 0 unspecified atom stereocenters. The summed E-state index contributed by atoms with van der Waals surface area (Å²) in [6.45, 7) is 5.77. The molecule has 0 atom stereocenters. The molecule has 6 heteroatoms. The predicted molar refractivity (Wildman–Crippen MR) is 77.2 cm³/mol. The van der Waals surface area contributed by atoms with E-state index in [0.717, 1.165) is 9.48 Å². The van der Waals surface area contributed by atoms with Crippen LogP contribution in [0.3, 0.4) is 0 Å². The number of esters is 1. The van der Waals surface area contributed by atoms with E-state index in [9.17, 15) is 4.79 Å². The van der Waals surface area contributed by atoms with Gasteiger partial charge in [0.15, 0.2) is 10.8 Å². The lowest BCUT2D eigenvalue weighted by Gasteiger charge is -2.19. The van der Waals surface area contributed by atoms with Gasteiger partial charge in [-0.05, 0) is 42.8 Å². The van der Waals surface area contributed by atoms with Gasteiger partial charge in [0.05, 0.1) is 23.0 Å². The summed E-state index contributed by atoms with van der Waals surface area (Å²) in [7, 11) is 0. The number of carbonyl (C=O) groups excluding carboxylic acids is 1. The van der Waals surface area contributed by atoms with E-state index in [2.05, 4.69) is 20.9 Å². The minimum Gasteiger partial charge on any atom is -0.465 e. The Labute approximate surface area is 123 Å². The van der Waals surface area contributed by atoms with Crippen LogP contribution in [0.1, 0.15) is 26.5 Å². The van der Waals surface area contributed by atoms with E-state index in [1.165, 1.54) is 11.3 Å². The second-order valence-electron chi connectivity index (χ2n) is 4.48. The Bertz CT molecular complexity index is 588. The van der Waals surface area contributed by atoms with E-state index in [4.69, 9.17) is 9.15 Å². The number of thiazole rings is 1. The van der Waals surface area contributed by atoms with E-state index in [0.29, 0.717) is 18.1 Å². The molecule has 0 aliphatic heterocycles. The van der Waals surface area contributed by atoms with Crippen molar-refractivity contribution in [3.63, 3.8) is 0 Å². The maximum Gasteiger partial charge on any atom is 0.317 e. The zero-order chi connectivity index (χ0) is 14.0. The monoisotopic (exact) mass is 343 g/mol. The summed E-state index contributed by atoms with van der Waals surface area (Å²) in [5.74, 6) is 0.404. The molecule has 4 nitrogen and oxygen atoms in total. The third-order valence-electron chi connectivity index (χ3n) is 2.74. The van der Waals surface area contributed by atoms with Crippen molar-refractivity contribution in [1.82, 2.24) is 4.98 Å². The predicted octanol–water partition coefficient (Wildman–Crippen LogP) is 4.01. The van der Waals surface area contributed by atoms with Crippen LogP contribution < -0.4 is 0 Å². The lowest BCUT2D eigenvalue weighted by Crippen LogP contribution is -2.31. The summed E-state index contributed by atoms with van der Waals surface area (Å²) >= 11 is 4.84. The molecule has 2 aromatic rings. The Balaban J connectivity index is 2.31. The van der Waals surface area contributed by atoms with Gasteiger partial charge in [0, 0.05) is 5.38 Å². The average Bonchev–Trinajstić information content (AvgIpc) is 2.97. The topological polar surface area (TPSA) is 52.3 Å². The van der Waals surface area contributed by atoms with Crippen LogP contribution in [-0.4, -0.2) is 17.6 Å². The normalized spacial score (nSPS) is 11.6. The van der Waals surface area contributed by atoms with Crippen LogP contribution in [0.2, 0.25) is 0 Å². The molecule has 0 saturated heterocycles. The molecule has 0 aliphatic carbocycles. The zero-order valence-electron chi connectivity index (χ0n) is 10.9. The van der Waals surface area contributed by atoms with Crippen molar-refractivity contribution in [3.05, 3.63) is 27.9 Å². The van der Waals surface area contributed by atoms with Gasteiger partial charge < -0.3 is 9.15 Å². The first-order valence-corrected chi connectivity index (χ1v) is 7.50. The standard InChI is InChI=1S/C13H14BrNO3S/c1-4-17-12(16)13(2,3)9-7-19-11(15-9)10-8(14)5-6-18-10/h5-7H,4H2,1-3H3. The molecule has 2 rings (SSSR count). The van der Waals surface area contributed by atoms with E-state index in [-0.39, 0.29) is 5.97 Å². The average molecular weight is 344 g/mol. The van der Waals surface area contributed by atoms with Gasteiger partial charge in [-0.15, -0.1) is 11.3 Å². The Morgan fingerprint density at radius 3 is 2.89 bits per heavy atom. The molecule has 19 heavy (non-hydrogen) atoms. The minimum atomic E-state index is -0.760. The first-order chi connectivity index (χ1) is 8.96. The van der Waals surface area contributed by atoms with Gasteiger partial charge in [-0.3, -0.25) is 4.79 Å². The van der Waals surface area contributed by atoms with Crippen molar-refractivity contribution >= 4 is 33.2 Å². The van der Waals surface area contributed by atoms with E-state index in [1.807, 2.05) is 11.4 Å². The summed E-state index contributed by atoms with van der Waals surface area (Å²) in [6.07, 6.45) is 1.59. The molecule has 0 aliphatic rings. The number of aromatic nitrogens is 1. The number of hydrogen-bond donors (Lipinski definition) is 0. The SMILES string of the molecule is CCOC(=O)C(C)(C)c1csc(-c2occc2Br)n1. The third-order valence-corrected chi connectivity index (χ3v) is 4.21. The van der Waals surface area contributed by atoms with E-state index >= 15 is 0 Å². The number of ether oxygens (including phenoxy) is 1. The van der Waals surface area contributed by atoms with Gasteiger partial charge in [-0.1, -0.05) is 0 Å². The maximum atomic E-state index is 11.9. The Kier molecular flexibility index (Phi) is 4.10. The molecule has 2 aromatic heterocycles. The molecule has 0 saturated carbocycles. The first kappa shape index (κ1) is 14.3. The summed E-state index contributed by atoms with van der Waals surface area (Å²) in [4.78, 5) is 16.4. The maximum absolute atomic E-state index is 11.9. The quantitative estimate of drug-likeness (QED) is 0.787. The molecule has 0 bridgehead atoms. The molecule has 0 fully saturated rings. The molecular weight excluding hydrogens is 330 g/mol. The van der Waals surface area contributed by atoms with Crippen molar-refractivity contribution in [3.8, 4) is 10.8 Å². The molecule has 0 N–H and O–H groups in total. The highest BCUT2D eigenvalue weighted by atomic mass is 79.9. The van der Waals surface area contributed by atoms with Gasteiger partial charge in [-0.25, -0.2) is 4.98 Å². The van der Waals surface area contributed by atoms with Crippen molar-refractivity contribution in [2.45, 2.75) is 26.2 Å². The fraction of sp³-hybridized carbons (Fsp3) is 0.385. The number of halogens is 1. The zero-order valence-corrected chi connectivity index (χ0v) is 13.3. The van der Waals surface area contributed by atoms with E-state index < -0.39 is 5.41 Å². The fourth-order valence-electron chi connectivity index (χ4n) is 1.53. The lowest BCUT2D eigenvalue weighted by atomic mass is 9.90.